The number of hydrogen-bond donors (Lipinski definition) is 1. The van der Waals surface area contributed by atoms with E-state index in [1.54, 1.807) is 26.0 Å². The first-order valence-electron chi connectivity index (χ1n) is 12.0. The fraction of sp³-hybridized carbons (Fsp3) is 0.462. The number of nitrogens with one attached hydrogen (secondary N) is 1. The maximum Gasteiger partial charge on any atom is 0.304 e. The SMILES string of the molecule is CCCCNC(=O)[C@@H](C)N(Cc1ccc(F)cc1)C(=O)CN(c1cc(C)ccc1C)S(=O)(=O)N(C)C. The first kappa shape index (κ1) is 29.3. The first-order valence-corrected chi connectivity index (χ1v) is 13.4. The van der Waals surface area contributed by atoms with Gasteiger partial charge in [-0.05, 0) is 62.1 Å². The molecule has 0 spiro atoms. The molecule has 10 heteroatoms. The number of nitrogens with zero attached hydrogens (tertiary/aromatic N) is 3. The third kappa shape index (κ3) is 7.51. The average molecular weight is 521 g/mol. The zero-order valence-electron chi connectivity index (χ0n) is 21.9. The molecule has 2 amide bonds. The summed E-state index contributed by atoms with van der Waals surface area (Å²) in [7, 11) is -1.23. The molecule has 8 nitrogen and oxygen atoms in total. The molecular weight excluding hydrogens is 483 g/mol. The smallest absolute Gasteiger partial charge is 0.304 e. The van der Waals surface area contributed by atoms with Gasteiger partial charge in [-0.3, -0.25) is 9.59 Å². The Labute approximate surface area is 214 Å². The Morgan fingerprint density at radius 1 is 1.06 bits per heavy atom. The van der Waals surface area contributed by atoms with Crippen molar-refractivity contribution in [1.82, 2.24) is 14.5 Å². The lowest BCUT2D eigenvalue weighted by Gasteiger charge is -2.33. The Morgan fingerprint density at radius 3 is 2.28 bits per heavy atom. The van der Waals surface area contributed by atoms with Crippen molar-refractivity contribution in [3.63, 3.8) is 0 Å². The van der Waals surface area contributed by atoms with Gasteiger partial charge in [0.1, 0.15) is 18.4 Å². The molecule has 0 heterocycles. The quantitative estimate of drug-likeness (QED) is 0.435. The lowest BCUT2D eigenvalue weighted by molar-refractivity contribution is -0.139. The summed E-state index contributed by atoms with van der Waals surface area (Å²) in [5.74, 6) is -1.31. The molecular formula is C26H37FN4O4S. The molecule has 0 saturated carbocycles. The molecule has 198 valence electrons. The second-order valence-electron chi connectivity index (χ2n) is 9.06. The third-order valence-electron chi connectivity index (χ3n) is 5.92. The number of hydrogen-bond acceptors (Lipinski definition) is 4. The Balaban J connectivity index is 2.46. The minimum atomic E-state index is -4.03. The van der Waals surface area contributed by atoms with E-state index in [4.69, 9.17) is 0 Å². The Hall–Kier alpha value is -2.98. The van der Waals surface area contributed by atoms with Gasteiger partial charge in [0.15, 0.2) is 0 Å². The van der Waals surface area contributed by atoms with Crippen LogP contribution in [-0.4, -0.2) is 62.7 Å². The summed E-state index contributed by atoms with van der Waals surface area (Å²) < 4.78 is 42.1. The number of amides is 2. The highest BCUT2D eigenvalue weighted by Crippen LogP contribution is 2.26. The molecule has 2 rings (SSSR count). The van der Waals surface area contributed by atoms with E-state index in [2.05, 4.69) is 5.32 Å². The molecule has 2 aromatic carbocycles. The topological polar surface area (TPSA) is 90.0 Å². The van der Waals surface area contributed by atoms with Gasteiger partial charge in [0, 0.05) is 27.2 Å². The summed E-state index contributed by atoms with van der Waals surface area (Å²) >= 11 is 0. The highest BCUT2D eigenvalue weighted by molar-refractivity contribution is 7.90. The van der Waals surface area contributed by atoms with Crippen LogP contribution in [0, 0.1) is 19.7 Å². The van der Waals surface area contributed by atoms with Crippen LogP contribution in [0.2, 0.25) is 0 Å². The van der Waals surface area contributed by atoms with Gasteiger partial charge in [-0.1, -0.05) is 37.6 Å². The minimum absolute atomic E-state index is 0.0180. The number of carbonyl (C=O) groups excluding carboxylic acids is 2. The van der Waals surface area contributed by atoms with E-state index in [0.717, 1.165) is 27.0 Å². The Kier molecular flexibility index (Phi) is 10.4. The van der Waals surface area contributed by atoms with Gasteiger partial charge in [-0.25, -0.2) is 8.70 Å². The molecule has 0 unspecified atom stereocenters. The molecule has 0 saturated heterocycles. The fourth-order valence-electron chi connectivity index (χ4n) is 3.60. The van der Waals surface area contributed by atoms with Gasteiger partial charge in [0.25, 0.3) is 0 Å². The molecule has 0 aromatic heterocycles. The van der Waals surface area contributed by atoms with Gasteiger partial charge < -0.3 is 10.2 Å². The summed E-state index contributed by atoms with van der Waals surface area (Å²) in [5, 5.41) is 2.83. The predicted molar refractivity (Wildman–Crippen MR) is 140 cm³/mol. The van der Waals surface area contributed by atoms with Crippen molar-refractivity contribution in [2.75, 3.05) is 31.5 Å². The number of unbranched alkanes of at least 4 members (excludes halogenated alkanes) is 1. The van der Waals surface area contributed by atoms with Crippen LogP contribution in [0.5, 0.6) is 0 Å². The predicted octanol–water partition coefficient (Wildman–Crippen LogP) is 3.39. The third-order valence-corrected chi connectivity index (χ3v) is 7.72. The number of aryl methyl sites for hydroxylation is 2. The molecule has 36 heavy (non-hydrogen) atoms. The highest BCUT2D eigenvalue weighted by Gasteiger charge is 2.33. The summed E-state index contributed by atoms with van der Waals surface area (Å²) in [6.45, 7) is 7.22. The minimum Gasteiger partial charge on any atom is -0.354 e. The van der Waals surface area contributed by atoms with Crippen molar-refractivity contribution >= 4 is 27.7 Å². The van der Waals surface area contributed by atoms with Crippen LogP contribution in [0.15, 0.2) is 42.5 Å². The summed E-state index contributed by atoms with van der Waals surface area (Å²) in [6.07, 6.45) is 1.70. The van der Waals surface area contributed by atoms with Gasteiger partial charge in [0.2, 0.25) is 11.8 Å². The molecule has 0 aliphatic carbocycles. The largest absolute Gasteiger partial charge is 0.354 e. The normalized spacial score (nSPS) is 12.3. The van der Waals surface area contributed by atoms with E-state index in [9.17, 15) is 22.4 Å². The Bertz CT molecular complexity index is 1150. The zero-order chi connectivity index (χ0) is 27.0. The van der Waals surface area contributed by atoms with E-state index >= 15 is 0 Å². The maximum atomic E-state index is 13.7. The monoisotopic (exact) mass is 520 g/mol. The fourth-order valence-corrected chi connectivity index (χ4v) is 4.71. The molecule has 0 fully saturated rings. The lowest BCUT2D eigenvalue weighted by atomic mass is 10.1. The lowest BCUT2D eigenvalue weighted by Crippen LogP contribution is -2.52. The van der Waals surface area contributed by atoms with Crippen molar-refractivity contribution in [3.05, 3.63) is 65.0 Å². The van der Waals surface area contributed by atoms with E-state index in [-0.39, 0.29) is 12.5 Å². The van der Waals surface area contributed by atoms with Crippen LogP contribution in [0.1, 0.15) is 43.4 Å². The molecule has 0 aliphatic heterocycles. The van der Waals surface area contributed by atoms with Crippen LogP contribution in [0.3, 0.4) is 0 Å². The summed E-state index contributed by atoms with van der Waals surface area (Å²) in [4.78, 5) is 27.9. The number of benzene rings is 2. The molecule has 0 radical (unpaired) electrons. The summed E-state index contributed by atoms with van der Waals surface area (Å²) in [5.41, 5.74) is 2.54. The van der Waals surface area contributed by atoms with Gasteiger partial charge in [-0.15, -0.1) is 0 Å². The maximum absolute atomic E-state index is 13.7. The average Bonchev–Trinajstić information content (AvgIpc) is 2.83. The van der Waals surface area contributed by atoms with Crippen molar-refractivity contribution in [2.24, 2.45) is 0 Å². The van der Waals surface area contributed by atoms with E-state index < -0.39 is 34.5 Å². The molecule has 1 N–H and O–H groups in total. The second kappa shape index (κ2) is 12.8. The molecule has 1 atom stereocenters. The second-order valence-corrected chi connectivity index (χ2v) is 11.1. The number of halogens is 1. The van der Waals surface area contributed by atoms with Crippen molar-refractivity contribution < 1.29 is 22.4 Å². The van der Waals surface area contributed by atoms with Crippen LogP contribution in [0.25, 0.3) is 0 Å². The van der Waals surface area contributed by atoms with Crippen LogP contribution < -0.4 is 9.62 Å². The van der Waals surface area contributed by atoms with Gasteiger partial charge in [0.05, 0.1) is 5.69 Å². The molecule has 2 aromatic rings. The Morgan fingerprint density at radius 2 is 1.69 bits per heavy atom. The molecule has 0 aliphatic rings. The van der Waals surface area contributed by atoms with E-state index in [1.165, 1.54) is 43.3 Å². The van der Waals surface area contributed by atoms with E-state index in [1.807, 2.05) is 19.9 Å². The number of anilines is 1. The number of carbonyl (C=O) groups is 2. The molecule has 0 bridgehead atoms. The van der Waals surface area contributed by atoms with Crippen molar-refractivity contribution in [3.8, 4) is 0 Å². The number of rotatable bonds is 12. The van der Waals surface area contributed by atoms with Crippen molar-refractivity contribution in [1.29, 1.82) is 0 Å². The zero-order valence-corrected chi connectivity index (χ0v) is 22.7. The van der Waals surface area contributed by atoms with Gasteiger partial charge >= 0.3 is 10.2 Å². The van der Waals surface area contributed by atoms with Crippen LogP contribution in [-0.2, 0) is 26.3 Å². The first-order chi connectivity index (χ1) is 16.9. The standard InChI is InChI=1S/C26H37FN4O4S/c1-7-8-15-28-26(33)21(4)30(17-22-11-13-23(27)14-12-22)25(32)18-31(36(34,35)29(5)6)24-16-19(2)9-10-20(24)3/h9-14,16,21H,7-8,15,17-18H2,1-6H3,(H,28,33)/t21-/m1/s1. The van der Waals surface area contributed by atoms with E-state index in [0.29, 0.717) is 23.4 Å². The van der Waals surface area contributed by atoms with Gasteiger partial charge in [-0.2, -0.15) is 12.7 Å². The van der Waals surface area contributed by atoms with Crippen LogP contribution in [0.4, 0.5) is 10.1 Å². The highest BCUT2D eigenvalue weighted by atomic mass is 32.2. The van der Waals surface area contributed by atoms with Crippen LogP contribution >= 0.6 is 0 Å². The van der Waals surface area contributed by atoms with Crippen molar-refractivity contribution in [2.45, 2.75) is 53.1 Å². The summed E-state index contributed by atoms with van der Waals surface area (Å²) in [6, 6.07) is 10.1.